The Hall–Kier alpha value is -1.09. The van der Waals surface area contributed by atoms with Crippen LogP contribution in [0.5, 0.6) is 0 Å². The lowest BCUT2D eigenvalue weighted by Crippen LogP contribution is -1.84. The van der Waals surface area contributed by atoms with Gasteiger partial charge in [-0.3, -0.25) is 4.40 Å². The van der Waals surface area contributed by atoms with Gasteiger partial charge in [-0.25, -0.2) is 4.98 Å². The summed E-state index contributed by atoms with van der Waals surface area (Å²) >= 11 is 3.37. The number of hydrogen-bond acceptors (Lipinski definition) is 1. The van der Waals surface area contributed by atoms with Gasteiger partial charge in [0.2, 0.25) is 0 Å². The first-order valence-corrected chi connectivity index (χ1v) is 4.37. The van der Waals surface area contributed by atoms with E-state index in [1.807, 2.05) is 28.8 Å². The highest BCUT2D eigenvalue weighted by Crippen LogP contribution is 2.18. The smallest absolute Gasteiger partial charge is 0.138 e. The number of halogens is 1. The van der Waals surface area contributed by atoms with Crippen molar-refractivity contribution in [3.05, 3.63) is 41.3 Å². The van der Waals surface area contributed by atoms with Gasteiger partial charge in [-0.1, -0.05) is 12.6 Å². The van der Waals surface area contributed by atoms with Crippen molar-refractivity contribution >= 4 is 27.7 Å². The van der Waals surface area contributed by atoms with E-state index in [1.165, 1.54) is 0 Å². The Bertz CT molecular complexity index is 431. The zero-order valence-corrected chi connectivity index (χ0v) is 7.95. The predicted molar refractivity (Wildman–Crippen MR) is 53.0 cm³/mol. The second-order valence-electron chi connectivity index (χ2n) is 2.42. The molecule has 2 heterocycles. The minimum atomic E-state index is 0.837. The van der Waals surface area contributed by atoms with E-state index in [9.17, 15) is 0 Å². The third-order valence-electron chi connectivity index (χ3n) is 1.72. The minimum Gasteiger partial charge on any atom is -0.299 e. The van der Waals surface area contributed by atoms with E-state index in [2.05, 4.69) is 27.5 Å². The van der Waals surface area contributed by atoms with Crippen LogP contribution in [0.15, 0.2) is 35.6 Å². The molecule has 0 saturated carbocycles. The molecule has 0 aliphatic heterocycles. The number of fused-ring (bicyclic) bond motifs is 1. The summed E-state index contributed by atoms with van der Waals surface area (Å²) in [6.07, 6.45) is 3.74. The molecule has 0 atom stereocenters. The van der Waals surface area contributed by atoms with Crippen LogP contribution in [-0.4, -0.2) is 9.38 Å². The Balaban J connectivity index is 2.90. The lowest BCUT2D eigenvalue weighted by molar-refractivity contribution is 1.17. The Labute approximate surface area is 78.7 Å². The molecule has 0 spiro atoms. The number of nitrogens with zero attached hydrogens (tertiary/aromatic N) is 2. The van der Waals surface area contributed by atoms with Crippen molar-refractivity contribution in [2.75, 3.05) is 0 Å². The van der Waals surface area contributed by atoms with Crippen molar-refractivity contribution < 1.29 is 0 Å². The molecule has 0 saturated heterocycles. The van der Waals surface area contributed by atoms with Crippen LogP contribution < -0.4 is 0 Å². The van der Waals surface area contributed by atoms with E-state index >= 15 is 0 Å². The zero-order valence-electron chi connectivity index (χ0n) is 6.37. The molecule has 0 unspecified atom stereocenters. The van der Waals surface area contributed by atoms with Crippen LogP contribution in [0.4, 0.5) is 0 Å². The summed E-state index contributed by atoms with van der Waals surface area (Å²) in [5.74, 6) is 0. The molecule has 2 aromatic heterocycles. The molecule has 60 valence electrons. The maximum Gasteiger partial charge on any atom is 0.138 e. The maximum atomic E-state index is 4.29. The van der Waals surface area contributed by atoms with Crippen molar-refractivity contribution in [3.63, 3.8) is 0 Å². The van der Waals surface area contributed by atoms with Crippen LogP contribution in [0.2, 0.25) is 0 Å². The lowest BCUT2D eigenvalue weighted by Gasteiger charge is -1.93. The van der Waals surface area contributed by atoms with E-state index in [4.69, 9.17) is 0 Å². The zero-order chi connectivity index (χ0) is 8.55. The fraction of sp³-hybridized carbons (Fsp3) is 0. The fourth-order valence-corrected chi connectivity index (χ4v) is 1.70. The molecule has 3 heteroatoms. The minimum absolute atomic E-state index is 0.837. The van der Waals surface area contributed by atoms with Crippen molar-refractivity contribution in [1.82, 2.24) is 9.38 Å². The molecule has 0 N–H and O–H groups in total. The van der Waals surface area contributed by atoms with E-state index in [-0.39, 0.29) is 0 Å². The molecule has 2 rings (SSSR count). The van der Waals surface area contributed by atoms with E-state index < -0.39 is 0 Å². The summed E-state index contributed by atoms with van der Waals surface area (Å²) in [5.41, 5.74) is 1.92. The Morgan fingerprint density at radius 1 is 1.50 bits per heavy atom. The molecule has 0 aliphatic carbocycles. The van der Waals surface area contributed by atoms with Gasteiger partial charge in [-0.15, -0.1) is 0 Å². The summed E-state index contributed by atoms with van der Waals surface area (Å²) in [5, 5.41) is 0. The summed E-state index contributed by atoms with van der Waals surface area (Å²) in [7, 11) is 0. The highest BCUT2D eigenvalue weighted by atomic mass is 79.9. The molecule has 2 aromatic rings. The average Bonchev–Trinajstić information content (AvgIpc) is 2.40. The molecule has 12 heavy (non-hydrogen) atoms. The summed E-state index contributed by atoms with van der Waals surface area (Å²) in [4.78, 5) is 4.29. The second-order valence-corrected chi connectivity index (χ2v) is 3.17. The first-order chi connectivity index (χ1) is 5.83. The van der Waals surface area contributed by atoms with E-state index in [0.29, 0.717) is 0 Å². The Morgan fingerprint density at radius 2 is 2.33 bits per heavy atom. The first kappa shape index (κ1) is 7.55. The standard InChI is InChI=1S/C9H7BrN2/c1-2-7-9(10)11-8-5-3-4-6-12(7)8/h2-6H,1H2. The first-order valence-electron chi connectivity index (χ1n) is 3.58. The number of pyridine rings is 1. The molecule has 0 fully saturated rings. The summed E-state index contributed by atoms with van der Waals surface area (Å²) in [6.45, 7) is 3.72. The molecule has 2 nitrogen and oxygen atoms in total. The third-order valence-corrected chi connectivity index (χ3v) is 2.30. The summed E-state index contributed by atoms with van der Waals surface area (Å²) in [6, 6.07) is 5.88. The predicted octanol–water partition coefficient (Wildman–Crippen LogP) is 2.74. The van der Waals surface area contributed by atoms with Crippen molar-refractivity contribution in [1.29, 1.82) is 0 Å². The normalized spacial score (nSPS) is 10.4. The highest BCUT2D eigenvalue weighted by molar-refractivity contribution is 9.10. The van der Waals surface area contributed by atoms with Gasteiger partial charge >= 0.3 is 0 Å². The third kappa shape index (κ3) is 0.975. The van der Waals surface area contributed by atoms with Gasteiger partial charge < -0.3 is 0 Å². The van der Waals surface area contributed by atoms with Gasteiger partial charge in [0.1, 0.15) is 10.3 Å². The van der Waals surface area contributed by atoms with Gasteiger partial charge in [-0.05, 0) is 34.1 Å². The van der Waals surface area contributed by atoms with Gasteiger partial charge in [0, 0.05) is 6.20 Å². The van der Waals surface area contributed by atoms with E-state index in [1.54, 1.807) is 6.08 Å². The van der Waals surface area contributed by atoms with Crippen LogP contribution in [0.3, 0.4) is 0 Å². The van der Waals surface area contributed by atoms with Gasteiger partial charge in [-0.2, -0.15) is 0 Å². The highest BCUT2D eigenvalue weighted by Gasteiger charge is 2.04. The number of aromatic nitrogens is 2. The van der Waals surface area contributed by atoms with Gasteiger partial charge in [0.25, 0.3) is 0 Å². The van der Waals surface area contributed by atoms with Crippen molar-refractivity contribution in [2.45, 2.75) is 0 Å². The largest absolute Gasteiger partial charge is 0.299 e. The Kier molecular flexibility index (Phi) is 1.73. The van der Waals surface area contributed by atoms with Crippen LogP contribution in [0.25, 0.3) is 11.7 Å². The van der Waals surface area contributed by atoms with E-state index in [0.717, 1.165) is 15.9 Å². The quantitative estimate of drug-likeness (QED) is 0.726. The number of rotatable bonds is 1. The summed E-state index contributed by atoms with van der Waals surface area (Å²) < 4.78 is 2.82. The van der Waals surface area contributed by atoms with Crippen molar-refractivity contribution in [3.8, 4) is 0 Å². The molecule has 0 aromatic carbocycles. The lowest BCUT2D eigenvalue weighted by atomic mass is 10.4. The van der Waals surface area contributed by atoms with Crippen molar-refractivity contribution in [2.24, 2.45) is 0 Å². The van der Waals surface area contributed by atoms with Gasteiger partial charge in [0.15, 0.2) is 0 Å². The number of hydrogen-bond donors (Lipinski definition) is 0. The fourth-order valence-electron chi connectivity index (χ4n) is 1.17. The molecule has 0 aliphatic rings. The van der Waals surface area contributed by atoms with Crippen LogP contribution >= 0.6 is 15.9 Å². The SMILES string of the molecule is C=Cc1c(Br)nc2ccccn12. The maximum absolute atomic E-state index is 4.29. The molecular formula is C9H7BrN2. The average molecular weight is 223 g/mol. The molecule has 0 bridgehead atoms. The van der Waals surface area contributed by atoms with Crippen LogP contribution in [0.1, 0.15) is 5.69 Å². The molecule has 0 radical (unpaired) electrons. The molecular weight excluding hydrogens is 216 g/mol. The second kappa shape index (κ2) is 2.75. The molecule has 0 amide bonds. The number of imidazole rings is 1. The topological polar surface area (TPSA) is 17.3 Å². The monoisotopic (exact) mass is 222 g/mol. The van der Waals surface area contributed by atoms with Crippen LogP contribution in [-0.2, 0) is 0 Å². The van der Waals surface area contributed by atoms with Gasteiger partial charge in [0.05, 0.1) is 5.69 Å². The van der Waals surface area contributed by atoms with Crippen LogP contribution in [0, 0.1) is 0 Å². The Morgan fingerprint density at radius 3 is 3.08 bits per heavy atom.